The number of hydrogen-bond donors (Lipinski definition) is 2. The minimum absolute atomic E-state index is 0.116. The van der Waals surface area contributed by atoms with Gasteiger partial charge in [-0.3, -0.25) is 14.4 Å². The highest BCUT2D eigenvalue weighted by Gasteiger charge is 2.35. The molecule has 2 aromatic carbocycles. The number of benzene rings is 2. The summed E-state index contributed by atoms with van der Waals surface area (Å²) in [6.45, 7) is 0.671. The molecule has 2 aromatic rings. The Hall–Kier alpha value is -3.22. The number of rotatable bonds is 3. The van der Waals surface area contributed by atoms with Crippen molar-refractivity contribution in [3.63, 3.8) is 0 Å². The van der Waals surface area contributed by atoms with Crippen LogP contribution in [-0.2, 0) is 20.8 Å². The van der Waals surface area contributed by atoms with Gasteiger partial charge in [-0.1, -0.05) is 6.07 Å². The normalized spacial score (nSPS) is 15.5. The van der Waals surface area contributed by atoms with E-state index in [1.165, 1.54) is 24.3 Å². The maximum absolute atomic E-state index is 12.9. The van der Waals surface area contributed by atoms with E-state index in [0.717, 1.165) is 36.9 Å². The van der Waals surface area contributed by atoms with Crippen LogP contribution in [-0.4, -0.2) is 24.3 Å². The van der Waals surface area contributed by atoms with Gasteiger partial charge in [0.2, 0.25) is 5.91 Å². The van der Waals surface area contributed by atoms with E-state index in [2.05, 4.69) is 10.6 Å². The first kappa shape index (κ1) is 18.2. The van der Waals surface area contributed by atoms with Crippen molar-refractivity contribution in [2.24, 2.45) is 5.92 Å². The Balaban J connectivity index is 1.46. The topological polar surface area (TPSA) is 78.5 Å². The molecular weight excluding hydrogens is 361 g/mol. The highest BCUT2D eigenvalue weighted by molar-refractivity contribution is 6.43. The second-order valence-electron chi connectivity index (χ2n) is 7.13. The lowest BCUT2D eigenvalue weighted by Gasteiger charge is -2.30. The third kappa shape index (κ3) is 3.88. The molecule has 3 amide bonds. The van der Waals surface area contributed by atoms with Gasteiger partial charge in [-0.25, -0.2) is 4.39 Å². The van der Waals surface area contributed by atoms with Gasteiger partial charge in [0.05, 0.1) is 0 Å². The summed E-state index contributed by atoms with van der Waals surface area (Å²) in [7, 11) is 0. The largest absolute Gasteiger partial charge is 0.318 e. The van der Waals surface area contributed by atoms with Crippen molar-refractivity contribution in [3.05, 3.63) is 53.8 Å². The Morgan fingerprint density at radius 3 is 2.25 bits per heavy atom. The monoisotopic (exact) mass is 381 g/mol. The molecule has 2 N–H and O–H groups in total. The molecule has 0 saturated heterocycles. The quantitative estimate of drug-likeness (QED) is 0.802. The maximum Gasteiger partial charge on any atom is 0.314 e. The number of nitrogens with zero attached hydrogens (tertiary/aromatic N) is 1. The van der Waals surface area contributed by atoms with E-state index in [1.807, 2.05) is 6.07 Å². The van der Waals surface area contributed by atoms with E-state index in [1.54, 1.807) is 17.0 Å². The smallest absolute Gasteiger partial charge is 0.314 e. The number of anilines is 3. The number of carbonyl (C=O) groups is 3. The second kappa shape index (κ2) is 7.42. The van der Waals surface area contributed by atoms with E-state index in [9.17, 15) is 18.8 Å². The predicted molar refractivity (Wildman–Crippen MR) is 103 cm³/mol. The summed E-state index contributed by atoms with van der Waals surface area (Å²) in [4.78, 5) is 38.6. The number of halogens is 1. The van der Waals surface area contributed by atoms with Crippen molar-refractivity contribution in [1.29, 1.82) is 0 Å². The van der Waals surface area contributed by atoms with E-state index in [4.69, 9.17) is 0 Å². The molecule has 6 nitrogen and oxygen atoms in total. The standard InChI is InChI=1S/C21H20FN3O3/c22-15-6-9-16(10-7-15)23-19(26)20(27)24-17-8-5-13-2-1-11-25(18(13)12-17)21(28)14-3-4-14/h5-10,12,14H,1-4,11H2,(H,23,26)(H,24,27). The Bertz CT molecular complexity index is 938. The van der Waals surface area contributed by atoms with Crippen molar-refractivity contribution in [2.45, 2.75) is 25.7 Å². The van der Waals surface area contributed by atoms with Gasteiger partial charge < -0.3 is 15.5 Å². The number of nitrogens with one attached hydrogen (secondary N) is 2. The molecule has 144 valence electrons. The predicted octanol–water partition coefficient (Wildman–Crippen LogP) is 3.09. The molecule has 1 heterocycles. The first-order chi connectivity index (χ1) is 13.5. The molecule has 1 saturated carbocycles. The first-order valence-electron chi connectivity index (χ1n) is 9.33. The highest BCUT2D eigenvalue weighted by Crippen LogP contribution is 2.36. The van der Waals surface area contributed by atoms with Crippen LogP contribution in [0.4, 0.5) is 21.5 Å². The zero-order valence-electron chi connectivity index (χ0n) is 15.2. The Morgan fingerprint density at radius 1 is 0.929 bits per heavy atom. The molecule has 4 rings (SSSR count). The SMILES string of the molecule is O=C(Nc1ccc(F)cc1)C(=O)Nc1ccc2c(c1)N(C(=O)C1CC1)CCC2. The van der Waals surface area contributed by atoms with Crippen LogP contribution < -0.4 is 15.5 Å². The molecule has 28 heavy (non-hydrogen) atoms. The maximum atomic E-state index is 12.9. The summed E-state index contributed by atoms with van der Waals surface area (Å²) in [6, 6.07) is 10.5. The second-order valence-corrected chi connectivity index (χ2v) is 7.13. The van der Waals surface area contributed by atoms with Crippen molar-refractivity contribution < 1.29 is 18.8 Å². The van der Waals surface area contributed by atoms with Gasteiger partial charge in [0.25, 0.3) is 0 Å². The summed E-state index contributed by atoms with van der Waals surface area (Å²) in [5.41, 5.74) is 2.65. The van der Waals surface area contributed by atoms with E-state index < -0.39 is 17.6 Å². The zero-order valence-corrected chi connectivity index (χ0v) is 15.2. The molecule has 0 unspecified atom stereocenters. The molecule has 0 spiro atoms. The fourth-order valence-corrected chi connectivity index (χ4v) is 3.34. The average Bonchev–Trinajstić information content (AvgIpc) is 3.54. The summed E-state index contributed by atoms with van der Waals surface area (Å²) in [6.07, 6.45) is 3.66. The van der Waals surface area contributed by atoms with Gasteiger partial charge in [-0.05, 0) is 67.6 Å². The molecule has 0 aromatic heterocycles. The van der Waals surface area contributed by atoms with Crippen LogP contribution in [0.15, 0.2) is 42.5 Å². The van der Waals surface area contributed by atoms with Crippen LogP contribution in [0.1, 0.15) is 24.8 Å². The van der Waals surface area contributed by atoms with Gasteiger partial charge >= 0.3 is 11.8 Å². The van der Waals surface area contributed by atoms with Crippen LogP contribution in [0.5, 0.6) is 0 Å². The lowest BCUT2D eigenvalue weighted by Crippen LogP contribution is -2.36. The molecule has 1 aliphatic carbocycles. The van der Waals surface area contributed by atoms with Crippen LogP contribution >= 0.6 is 0 Å². The molecule has 0 radical (unpaired) electrons. The first-order valence-corrected chi connectivity index (χ1v) is 9.33. The minimum atomic E-state index is -0.852. The molecule has 2 aliphatic rings. The van der Waals surface area contributed by atoms with Crippen molar-refractivity contribution >= 4 is 34.8 Å². The molecular formula is C21H20FN3O3. The van der Waals surface area contributed by atoms with Crippen molar-refractivity contribution in [1.82, 2.24) is 0 Å². The van der Waals surface area contributed by atoms with Crippen LogP contribution in [0.25, 0.3) is 0 Å². The third-order valence-corrected chi connectivity index (χ3v) is 4.96. The van der Waals surface area contributed by atoms with Crippen LogP contribution in [0.2, 0.25) is 0 Å². The fraction of sp³-hybridized carbons (Fsp3) is 0.286. The third-order valence-electron chi connectivity index (χ3n) is 4.96. The summed E-state index contributed by atoms with van der Waals surface area (Å²) >= 11 is 0. The summed E-state index contributed by atoms with van der Waals surface area (Å²) in [5, 5.41) is 4.98. The summed E-state index contributed by atoms with van der Waals surface area (Å²) < 4.78 is 12.9. The minimum Gasteiger partial charge on any atom is -0.318 e. The van der Waals surface area contributed by atoms with Crippen molar-refractivity contribution in [3.8, 4) is 0 Å². The van der Waals surface area contributed by atoms with Gasteiger partial charge in [0.15, 0.2) is 0 Å². The fourth-order valence-electron chi connectivity index (χ4n) is 3.34. The highest BCUT2D eigenvalue weighted by atomic mass is 19.1. The zero-order chi connectivity index (χ0) is 19.7. The molecule has 0 atom stereocenters. The van der Waals surface area contributed by atoms with Crippen molar-refractivity contribution in [2.75, 3.05) is 22.1 Å². The molecule has 0 bridgehead atoms. The molecule has 1 aliphatic heterocycles. The molecule has 7 heteroatoms. The van der Waals surface area contributed by atoms with Crippen LogP contribution in [0.3, 0.4) is 0 Å². The van der Waals surface area contributed by atoms with Gasteiger partial charge in [0, 0.05) is 29.5 Å². The summed E-state index contributed by atoms with van der Waals surface area (Å²) in [5.74, 6) is -1.86. The molecule has 1 fully saturated rings. The van der Waals surface area contributed by atoms with E-state index >= 15 is 0 Å². The number of fused-ring (bicyclic) bond motifs is 1. The van der Waals surface area contributed by atoms with Gasteiger partial charge in [0.1, 0.15) is 5.82 Å². The lowest BCUT2D eigenvalue weighted by molar-refractivity contribution is -0.132. The number of hydrogen-bond acceptors (Lipinski definition) is 3. The van der Waals surface area contributed by atoms with E-state index in [-0.39, 0.29) is 11.8 Å². The number of carbonyl (C=O) groups excluding carboxylic acids is 3. The van der Waals surface area contributed by atoms with E-state index in [0.29, 0.717) is 17.9 Å². The number of amides is 3. The Morgan fingerprint density at radius 2 is 1.57 bits per heavy atom. The van der Waals surface area contributed by atoms with Crippen LogP contribution in [0, 0.1) is 11.7 Å². The lowest BCUT2D eigenvalue weighted by atomic mass is 10.0. The Kier molecular flexibility index (Phi) is 4.81. The van der Waals surface area contributed by atoms with Gasteiger partial charge in [-0.2, -0.15) is 0 Å². The average molecular weight is 381 g/mol. The van der Waals surface area contributed by atoms with Gasteiger partial charge in [-0.15, -0.1) is 0 Å². The Labute approximate surface area is 161 Å². The number of aryl methyl sites for hydroxylation is 1.